The van der Waals surface area contributed by atoms with Crippen molar-refractivity contribution in [2.24, 2.45) is 0 Å². The molecule has 0 unspecified atom stereocenters. The van der Waals surface area contributed by atoms with E-state index in [0.29, 0.717) is 0 Å². The summed E-state index contributed by atoms with van der Waals surface area (Å²) in [6.07, 6.45) is 3.46. The lowest BCUT2D eigenvalue weighted by molar-refractivity contribution is 0.414. The van der Waals surface area contributed by atoms with Gasteiger partial charge in [0.05, 0.1) is 24.4 Å². The third-order valence-electron chi connectivity index (χ3n) is 4.08. The summed E-state index contributed by atoms with van der Waals surface area (Å²) < 4.78 is 7.04. The largest absolute Gasteiger partial charge is 0.497 e. The molecule has 3 aromatic rings. The van der Waals surface area contributed by atoms with E-state index in [1.165, 1.54) is 0 Å². The van der Waals surface area contributed by atoms with E-state index in [1.54, 1.807) is 13.4 Å². The summed E-state index contributed by atoms with van der Waals surface area (Å²) in [6.45, 7) is 3.83. The quantitative estimate of drug-likeness (QED) is 0.785. The smallest absolute Gasteiger partial charge is 0.168 e. The Labute approximate surface area is 133 Å². The number of methoxy groups -OCH3 is 1. The molecule has 1 aromatic carbocycles. The van der Waals surface area contributed by atoms with E-state index in [4.69, 9.17) is 4.74 Å². The van der Waals surface area contributed by atoms with E-state index < -0.39 is 0 Å². The highest BCUT2D eigenvalue weighted by Crippen LogP contribution is 2.25. The second-order valence-corrected chi connectivity index (χ2v) is 5.43. The van der Waals surface area contributed by atoms with Crippen molar-refractivity contribution in [2.75, 3.05) is 38.2 Å². The van der Waals surface area contributed by atoms with Gasteiger partial charge in [-0.15, -0.1) is 0 Å². The summed E-state index contributed by atoms with van der Waals surface area (Å²) in [5, 5.41) is 8.84. The average molecular weight is 310 g/mol. The van der Waals surface area contributed by atoms with Crippen LogP contribution in [0, 0.1) is 0 Å². The second kappa shape index (κ2) is 5.85. The summed E-state index contributed by atoms with van der Waals surface area (Å²) in [6, 6.07) is 7.78. The van der Waals surface area contributed by atoms with Gasteiger partial charge < -0.3 is 15.0 Å². The van der Waals surface area contributed by atoms with Crippen LogP contribution in [0.1, 0.15) is 0 Å². The van der Waals surface area contributed by atoms with Crippen LogP contribution in [0.3, 0.4) is 0 Å². The number of nitrogens with zero attached hydrogens (tertiary/aromatic N) is 5. The van der Waals surface area contributed by atoms with Crippen molar-refractivity contribution in [3.8, 4) is 11.4 Å². The number of fused-ring (bicyclic) bond motifs is 1. The Morgan fingerprint density at radius 3 is 2.61 bits per heavy atom. The molecule has 118 valence electrons. The van der Waals surface area contributed by atoms with Crippen LogP contribution in [0.4, 0.5) is 5.82 Å². The molecule has 0 atom stereocenters. The Bertz CT molecular complexity index is 807. The molecular formula is C16H18N6O. The maximum absolute atomic E-state index is 5.20. The predicted molar refractivity (Wildman–Crippen MR) is 88.3 cm³/mol. The normalized spacial score (nSPS) is 15.1. The average Bonchev–Trinajstić information content (AvgIpc) is 3.06. The Balaban J connectivity index is 1.77. The summed E-state index contributed by atoms with van der Waals surface area (Å²) in [5.74, 6) is 1.78. The monoisotopic (exact) mass is 310 g/mol. The summed E-state index contributed by atoms with van der Waals surface area (Å²) in [5.41, 5.74) is 1.77. The molecule has 1 saturated heterocycles. The van der Waals surface area contributed by atoms with E-state index in [9.17, 15) is 0 Å². The Hall–Kier alpha value is -2.67. The van der Waals surface area contributed by atoms with Gasteiger partial charge >= 0.3 is 0 Å². The number of hydrogen-bond donors (Lipinski definition) is 1. The lowest BCUT2D eigenvalue weighted by atomic mass is 10.3. The van der Waals surface area contributed by atoms with Gasteiger partial charge in [-0.25, -0.2) is 14.6 Å². The first-order chi connectivity index (χ1) is 11.4. The number of hydrogen-bond acceptors (Lipinski definition) is 6. The van der Waals surface area contributed by atoms with Crippen molar-refractivity contribution in [3.63, 3.8) is 0 Å². The van der Waals surface area contributed by atoms with Gasteiger partial charge in [-0.3, -0.25) is 0 Å². The minimum absolute atomic E-state index is 0.818. The van der Waals surface area contributed by atoms with E-state index in [1.807, 2.05) is 35.1 Å². The molecule has 0 aliphatic carbocycles. The first-order valence-electron chi connectivity index (χ1n) is 7.65. The topological polar surface area (TPSA) is 68.1 Å². The van der Waals surface area contributed by atoms with Crippen LogP contribution in [0.2, 0.25) is 0 Å². The molecule has 1 fully saturated rings. The summed E-state index contributed by atoms with van der Waals surface area (Å²) in [7, 11) is 1.66. The van der Waals surface area contributed by atoms with Crippen molar-refractivity contribution < 1.29 is 4.74 Å². The molecule has 0 bridgehead atoms. The highest BCUT2D eigenvalue weighted by Gasteiger charge is 2.17. The molecule has 3 heterocycles. The fraction of sp³-hybridized carbons (Fsp3) is 0.312. The number of piperazine rings is 1. The van der Waals surface area contributed by atoms with Crippen molar-refractivity contribution >= 4 is 16.9 Å². The second-order valence-electron chi connectivity index (χ2n) is 5.43. The number of ether oxygens (including phenoxy) is 1. The lowest BCUT2D eigenvalue weighted by Crippen LogP contribution is -2.44. The van der Waals surface area contributed by atoms with Crippen molar-refractivity contribution in [1.82, 2.24) is 25.1 Å². The zero-order chi connectivity index (χ0) is 15.6. The van der Waals surface area contributed by atoms with Crippen molar-refractivity contribution in [2.45, 2.75) is 0 Å². The van der Waals surface area contributed by atoms with Gasteiger partial charge in [0.25, 0.3) is 0 Å². The van der Waals surface area contributed by atoms with Crippen LogP contribution in [0.25, 0.3) is 16.7 Å². The predicted octanol–water partition coefficient (Wildman–Crippen LogP) is 1.23. The Morgan fingerprint density at radius 2 is 1.87 bits per heavy atom. The Morgan fingerprint density at radius 1 is 1.09 bits per heavy atom. The van der Waals surface area contributed by atoms with Gasteiger partial charge in [0.15, 0.2) is 5.65 Å². The lowest BCUT2D eigenvalue weighted by Gasteiger charge is -2.28. The molecule has 1 aliphatic rings. The van der Waals surface area contributed by atoms with Gasteiger partial charge in [0, 0.05) is 26.2 Å². The van der Waals surface area contributed by atoms with Crippen LogP contribution in [0.15, 0.2) is 36.8 Å². The zero-order valence-electron chi connectivity index (χ0n) is 12.9. The van der Waals surface area contributed by atoms with E-state index >= 15 is 0 Å². The molecule has 1 aliphatic heterocycles. The summed E-state index contributed by atoms with van der Waals surface area (Å²) in [4.78, 5) is 11.2. The molecule has 23 heavy (non-hydrogen) atoms. The van der Waals surface area contributed by atoms with E-state index in [0.717, 1.165) is 54.5 Å². The molecular weight excluding hydrogens is 292 g/mol. The van der Waals surface area contributed by atoms with Gasteiger partial charge in [-0.2, -0.15) is 5.10 Å². The van der Waals surface area contributed by atoms with E-state index in [-0.39, 0.29) is 0 Å². The molecule has 7 nitrogen and oxygen atoms in total. The van der Waals surface area contributed by atoms with Gasteiger partial charge in [0.1, 0.15) is 17.9 Å². The number of anilines is 1. The summed E-state index contributed by atoms with van der Waals surface area (Å²) >= 11 is 0. The number of rotatable bonds is 3. The molecule has 4 rings (SSSR count). The van der Waals surface area contributed by atoms with Crippen LogP contribution in [-0.2, 0) is 0 Å². The maximum Gasteiger partial charge on any atom is 0.168 e. The first-order valence-corrected chi connectivity index (χ1v) is 7.65. The maximum atomic E-state index is 5.20. The first kappa shape index (κ1) is 14.0. The minimum Gasteiger partial charge on any atom is -0.497 e. The van der Waals surface area contributed by atoms with Gasteiger partial charge in [-0.1, -0.05) is 0 Å². The van der Waals surface area contributed by atoms with E-state index in [2.05, 4.69) is 25.3 Å². The Kier molecular flexibility index (Phi) is 3.55. The van der Waals surface area contributed by atoms with Crippen LogP contribution in [-0.4, -0.2) is 53.0 Å². The highest BCUT2D eigenvalue weighted by molar-refractivity contribution is 5.87. The zero-order valence-corrected chi connectivity index (χ0v) is 12.9. The third kappa shape index (κ3) is 2.49. The minimum atomic E-state index is 0.818. The molecule has 0 amide bonds. The molecule has 0 saturated carbocycles. The molecule has 0 radical (unpaired) electrons. The molecule has 7 heteroatoms. The fourth-order valence-corrected chi connectivity index (χ4v) is 2.87. The number of nitrogens with one attached hydrogen (secondary N) is 1. The standard InChI is InChI=1S/C16H18N6O/c1-23-13-4-2-12(3-5-13)22-16-14(10-20-22)15(18-11-19-16)21-8-6-17-7-9-21/h2-5,10-11,17H,6-9H2,1H3. The number of benzene rings is 1. The molecule has 0 spiro atoms. The fourth-order valence-electron chi connectivity index (χ4n) is 2.87. The van der Waals surface area contributed by atoms with Crippen molar-refractivity contribution in [1.29, 1.82) is 0 Å². The SMILES string of the molecule is COc1ccc(-n2ncc3c(N4CCNCC4)ncnc32)cc1. The van der Waals surface area contributed by atoms with Crippen LogP contribution < -0.4 is 15.0 Å². The molecule has 1 N–H and O–H groups in total. The highest BCUT2D eigenvalue weighted by atomic mass is 16.5. The van der Waals surface area contributed by atoms with Gasteiger partial charge in [-0.05, 0) is 24.3 Å². The number of aromatic nitrogens is 4. The van der Waals surface area contributed by atoms with Crippen LogP contribution in [0.5, 0.6) is 5.75 Å². The third-order valence-corrected chi connectivity index (χ3v) is 4.08. The molecule has 2 aromatic heterocycles. The van der Waals surface area contributed by atoms with Gasteiger partial charge in [0.2, 0.25) is 0 Å². The van der Waals surface area contributed by atoms with Crippen molar-refractivity contribution in [3.05, 3.63) is 36.8 Å². The van der Waals surface area contributed by atoms with Crippen LogP contribution >= 0.6 is 0 Å².